The summed E-state index contributed by atoms with van der Waals surface area (Å²) in [4.78, 5) is 2.65. The van der Waals surface area contributed by atoms with Crippen LogP contribution in [0.4, 0.5) is 0 Å². The Morgan fingerprint density at radius 1 is 0.762 bits per heavy atom. The molecule has 1 N–H and O–H groups in total. The lowest BCUT2D eigenvalue weighted by atomic mass is 10.0. The lowest BCUT2D eigenvalue weighted by Crippen LogP contribution is -2.43. The molecule has 1 aliphatic rings. The minimum absolute atomic E-state index is 0.799. The molecule has 1 aliphatic heterocycles. The van der Waals surface area contributed by atoms with Crippen molar-refractivity contribution in [2.45, 2.75) is 96.9 Å². The van der Waals surface area contributed by atoms with Gasteiger partial charge >= 0.3 is 0 Å². The van der Waals surface area contributed by atoms with Crippen LogP contribution >= 0.6 is 0 Å². The van der Waals surface area contributed by atoms with Gasteiger partial charge in [0.1, 0.15) is 0 Å². The third-order valence-electron chi connectivity index (χ3n) is 4.88. The molecule has 1 rings (SSSR count). The summed E-state index contributed by atoms with van der Waals surface area (Å²) in [5.41, 5.74) is 0. The Kier molecular flexibility index (Phi) is 12.3. The van der Waals surface area contributed by atoms with Gasteiger partial charge in [0, 0.05) is 6.04 Å². The van der Waals surface area contributed by atoms with E-state index >= 15 is 0 Å². The highest BCUT2D eigenvalue weighted by Crippen LogP contribution is 2.12. The quantitative estimate of drug-likeness (QED) is 0.482. The van der Waals surface area contributed by atoms with Crippen molar-refractivity contribution < 1.29 is 0 Å². The fourth-order valence-corrected chi connectivity index (χ4v) is 3.31. The number of likely N-dealkylation sites (tertiary alicyclic amines) is 1. The minimum atomic E-state index is 0.799. The van der Waals surface area contributed by atoms with Gasteiger partial charge in [0.25, 0.3) is 0 Å². The molecule has 0 unspecified atom stereocenters. The molecule has 0 amide bonds. The molecule has 0 aromatic heterocycles. The van der Waals surface area contributed by atoms with Gasteiger partial charge in [-0.3, -0.25) is 0 Å². The van der Waals surface area contributed by atoms with Crippen LogP contribution in [0.5, 0.6) is 0 Å². The molecule has 0 atom stereocenters. The van der Waals surface area contributed by atoms with E-state index in [4.69, 9.17) is 0 Å². The van der Waals surface area contributed by atoms with Crippen LogP contribution in [0, 0.1) is 0 Å². The molecule has 126 valence electrons. The normalized spacial score (nSPS) is 17.4. The molecule has 0 aliphatic carbocycles. The summed E-state index contributed by atoms with van der Waals surface area (Å²) >= 11 is 0. The van der Waals surface area contributed by atoms with E-state index in [0.29, 0.717) is 0 Å². The van der Waals surface area contributed by atoms with Crippen LogP contribution in [0.15, 0.2) is 0 Å². The second-order valence-corrected chi connectivity index (χ2v) is 6.90. The molecule has 2 heteroatoms. The van der Waals surface area contributed by atoms with Gasteiger partial charge < -0.3 is 10.2 Å². The molecule has 2 nitrogen and oxygen atoms in total. The van der Waals surface area contributed by atoms with Gasteiger partial charge in [-0.2, -0.15) is 0 Å². The average Bonchev–Trinajstić information content (AvgIpc) is 2.52. The van der Waals surface area contributed by atoms with E-state index in [2.05, 4.69) is 24.1 Å². The van der Waals surface area contributed by atoms with Gasteiger partial charge in [-0.15, -0.1) is 0 Å². The number of unbranched alkanes of at least 4 members (excludes halogenated alkanes) is 8. The molecule has 21 heavy (non-hydrogen) atoms. The van der Waals surface area contributed by atoms with Gasteiger partial charge in [-0.05, 0) is 51.9 Å². The summed E-state index contributed by atoms with van der Waals surface area (Å²) in [6.45, 7) is 9.78. The van der Waals surface area contributed by atoms with Gasteiger partial charge in [-0.25, -0.2) is 0 Å². The van der Waals surface area contributed by atoms with Gasteiger partial charge in [-0.1, -0.05) is 65.2 Å². The summed E-state index contributed by atoms with van der Waals surface area (Å²) < 4.78 is 0. The largest absolute Gasteiger partial charge is 0.314 e. The van der Waals surface area contributed by atoms with Gasteiger partial charge in [0.05, 0.1) is 0 Å². The number of piperidine rings is 1. The number of nitrogens with one attached hydrogen (secondary N) is 1. The number of nitrogens with zero attached hydrogens (tertiary/aromatic N) is 1. The Morgan fingerprint density at radius 2 is 1.33 bits per heavy atom. The molecule has 0 spiro atoms. The summed E-state index contributed by atoms with van der Waals surface area (Å²) in [7, 11) is 0. The fraction of sp³-hybridized carbons (Fsp3) is 1.00. The smallest absolute Gasteiger partial charge is 0.00914 e. The van der Waals surface area contributed by atoms with E-state index in [1.807, 2.05) is 0 Å². The van der Waals surface area contributed by atoms with Crippen molar-refractivity contribution in [2.75, 3.05) is 26.2 Å². The maximum absolute atomic E-state index is 3.78. The summed E-state index contributed by atoms with van der Waals surface area (Å²) in [6, 6.07) is 0.799. The van der Waals surface area contributed by atoms with Gasteiger partial charge in [0.15, 0.2) is 0 Å². The van der Waals surface area contributed by atoms with Crippen molar-refractivity contribution in [2.24, 2.45) is 0 Å². The lowest BCUT2D eigenvalue weighted by Gasteiger charge is -2.32. The molecule has 0 saturated carbocycles. The van der Waals surface area contributed by atoms with E-state index < -0.39 is 0 Å². The standard InChI is InChI=1S/C19H40N2/c1-3-5-7-8-9-10-11-12-15-20-19-13-17-21(18-14-19)16-6-4-2/h19-20H,3-18H2,1-2H3. The van der Waals surface area contributed by atoms with Crippen molar-refractivity contribution in [3.63, 3.8) is 0 Å². The van der Waals surface area contributed by atoms with Crippen molar-refractivity contribution in [1.82, 2.24) is 10.2 Å². The first-order chi connectivity index (χ1) is 10.4. The zero-order valence-electron chi connectivity index (χ0n) is 14.8. The van der Waals surface area contributed by atoms with Crippen LogP contribution in [0.1, 0.15) is 90.9 Å². The fourth-order valence-electron chi connectivity index (χ4n) is 3.31. The monoisotopic (exact) mass is 296 g/mol. The molecule has 1 heterocycles. The van der Waals surface area contributed by atoms with E-state index in [1.165, 1.54) is 103 Å². The van der Waals surface area contributed by atoms with Crippen LogP contribution in [-0.4, -0.2) is 37.1 Å². The molecule has 1 fully saturated rings. The molecule has 0 radical (unpaired) electrons. The van der Waals surface area contributed by atoms with Crippen molar-refractivity contribution in [3.05, 3.63) is 0 Å². The third-order valence-corrected chi connectivity index (χ3v) is 4.88. The minimum Gasteiger partial charge on any atom is -0.314 e. The highest BCUT2D eigenvalue weighted by molar-refractivity contribution is 4.76. The first kappa shape index (κ1) is 19.0. The Morgan fingerprint density at radius 3 is 1.95 bits per heavy atom. The van der Waals surface area contributed by atoms with E-state index in [0.717, 1.165) is 6.04 Å². The van der Waals surface area contributed by atoms with E-state index in [9.17, 15) is 0 Å². The Labute approximate surface area is 134 Å². The Balaban J connectivity index is 1.84. The van der Waals surface area contributed by atoms with E-state index in [-0.39, 0.29) is 0 Å². The second-order valence-electron chi connectivity index (χ2n) is 6.90. The SMILES string of the molecule is CCCCCCCCCCNC1CCN(CCCC)CC1. The molecule has 1 saturated heterocycles. The van der Waals surface area contributed by atoms with Gasteiger partial charge in [0.2, 0.25) is 0 Å². The van der Waals surface area contributed by atoms with Crippen molar-refractivity contribution >= 4 is 0 Å². The van der Waals surface area contributed by atoms with Crippen LogP contribution in [0.2, 0.25) is 0 Å². The van der Waals surface area contributed by atoms with Crippen LogP contribution in [0.3, 0.4) is 0 Å². The van der Waals surface area contributed by atoms with Crippen molar-refractivity contribution in [3.8, 4) is 0 Å². The summed E-state index contributed by atoms with van der Waals surface area (Å²) in [5, 5.41) is 3.78. The zero-order chi connectivity index (χ0) is 15.2. The average molecular weight is 297 g/mol. The maximum atomic E-state index is 3.78. The Hall–Kier alpha value is -0.0800. The number of hydrogen-bond acceptors (Lipinski definition) is 2. The van der Waals surface area contributed by atoms with E-state index in [1.54, 1.807) is 0 Å². The first-order valence-corrected chi connectivity index (χ1v) is 9.82. The summed E-state index contributed by atoms with van der Waals surface area (Å²) in [6.07, 6.45) is 16.8. The van der Waals surface area contributed by atoms with Crippen LogP contribution in [-0.2, 0) is 0 Å². The number of hydrogen-bond donors (Lipinski definition) is 1. The summed E-state index contributed by atoms with van der Waals surface area (Å²) in [5.74, 6) is 0. The Bertz CT molecular complexity index is 210. The van der Waals surface area contributed by atoms with Crippen LogP contribution < -0.4 is 5.32 Å². The van der Waals surface area contributed by atoms with Crippen molar-refractivity contribution in [1.29, 1.82) is 0 Å². The predicted octanol–water partition coefficient (Wildman–Crippen LogP) is 4.98. The maximum Gasteiger partial charge on any atom is 0.00914 e. The van der Waals surface area contributed by atoms with Crippen LogP contribution in [0.25, 0.3) is 0 Å². The third kappa shape index (κ3) is 10.3. The highest BCUT2D eigenvalue weighted by Gasteiger charge is 2.17. The topological polar surface area (TPSA) is 15.3 Å². The lowest BCUT2D eigenvalue weighted by molar-refractivity contribution is 0.195. The molecular weight excluding hydrogens is 256 g/mol. The molecular formula is C19H40N2. The zero-order valence-corrected chi connectivity index (χ0v) is 14.8. The highest BCUT2D eigenvalue weighted by atomic mass is 15.1. The predicted molar refractivity (Wildman–Crippen MR) is 95.0 cm³/mol. The molecule has 0 bridgehead atoms. The second kappa shape index (κ2) is 13.6. The number of rotatable bonds is 13. The first-order valence-electron chi connectivity index (χ1n) is 9.82. The molecule has 0 aromatic rings. The molecule has 0 aromatic carbocycles.